The van der Waals surface area contributed by atoms with E-state index in [2.05, 4.69) is 9.50 Å². The summed E-state index contributed by atoms with van der Waals surface area (Å²) in [6.45, 7) is 8.40. The first-order valence-corrected chi connectivity index (χ1v) is 9.17. The maximum Gasteiger partial charge on any atom is 0.145 e. The van der Waals surface area contributed by atoms with E-state index >= 15 is 0 Å². The molecule has 0 saturated carbocycles. The Balaban J connectivity index is 2.07. The summed E-state index contributed by atoms with van der Waals surface area (Å²) in [6, 6.07) is 5.82. The van der Waals surface area contributed by atoms with E-state index < -0.39 is 15.7 Å². The molecular weight excluding hydrogens is 346 g/mol. The molecule has 2 aromatic rings. The Morgan fingerprint density at radius 1 is 1.33 bits per heavy atom. The van der Waals surface area contributed by atoms with Crippen LogP contribution in [-0.2, 0) is 22.3 Å². The van der Waals surface area contributed by atoms with Gasteiger partial charge in [-0.25, -0.2) is 8.89 Å². The third-order valence-electron chi connectivity index (χ3n) is 3.77. The molecule has 7 heteroatoms. The maximum absolute atomic E-state index is 12.3. The fourth-order valence-corrected chi connectivity index (χ4v) is 3.22. The molecule has 0 spiro atoms. The predicted octanol–water partition coefficient (Wildman–Crippen LogP) is 3.62. The molecule has 1 aliphatic heterocycles. The minimum Gasteiger partial charge on any atom is -0.369 e. The number of hydrogen-bond acceptors (Lipinski definition) is 3. The van der Waals surface area contributed by atoms with Crippen LogP contribution >= 0.6 is 11.6 Å². The molecule has 1 aliphatic rings. The van der Waals surface area contributed by atoms with Gasteiger partial charge in [0.15, 0.2) is 0 Å². The molecule has 1 unspecified atom stereocenters. The van der Waals surface area contributed by atoms with E-state index in [1.807, 2.05) is 45.9 Å². The zero-order valence-electron chi connectivity index (χ0n) is 14.2. The van der Waals surface area contributed by atoms with Gasteiger partial charge >= 0.3 is 0 Å². The first-order valence-electron chi connectivity index (χ1n) is 7.69. The summed E-state index contributed by atoms with van der Waals surface area (Å²) >= 11 is 6.43. The second-order valence-corrected chi connectivity index (χ2v) is 9.00. The molecule has 3 rings (SSSR count). The number of aryl methyl sites for hydroxylation is 1. The number of aromatic nitrogens is 2. The van der Waals surface area contributed by atoms with Gasteiger partial charge in [0.1, 0.15) is 11.0 Å². The molecular formula is C17H20ClN3O2S. The van der Waals surface area contributed by atoms with Crippen molar-refractivity contribution in [2.24, 2.45) is 4.40 Å². The first-order chi connectivity index (χ1) is 11.3. The Kier molecular flexibility index (Phi) is 4.64. The fourth-order valence-electron chi connectivity index (χ4n) is 2.39. The smallest absolute Gasteiger partial charge is 0.145 e. The normalized spacial score (nSPS) is 17.8. The Morgan fingerprint density at radius 3 is 2.79 bits per heavy atom. The van der Waals surface area contributed by atoms with Crippen LogP contribution in [0.15, 0.2) is 28.8 Å². The molecule has 24 heavy (non-hydrogen) atoms. The second-order valence-electron chi connectivity index (χ2n) is 6.72. The Bertz CT molecular complexity index is 837. The van der Waals surface area contributed by atoms with Crippen LogP contribution in [0.25, 0.3) is 5.69 Å². The zero-order chi connectivity index (χ0) is 17.5. The summed E-state index contributed by atoms with van der Waals surface area (Å²) in [7, 11) is -1.34. The van der Waals surface area contributed by atoms with Gasteiger partial charge in [-0.05, 0) is 39.3 Å². The van der Waals surface area contributed by atoms with E-state index in [-0.39, 0.29) is 0 Å². The van der Waals surface area contributed by atoms with Crippen LogP contribution in [0.5, 0.6) is 0 Å². The summed E-state index contributed by atoms with van der Waals surface area (Å²) in [4.78, 5) is 0. The molecule has 0 amide bonds. The van der Waals surface area contributed by atoms with Gasteiger partial charge in [-0.1, -0.05) is 23.7 Å². The van der Waals surface area contributed by atoms with Crippen LogP contribution in [-0.4, -0.2) is 31.1 Å². The molecule has 0 fully saturated rings. The summed E-state index contributed by atoms with van der Waals surface area (Å²) in [6.07, 6.45) is 1.75. The lowest BCUT2D eigenvalue weighted by Crippen LogP contribution is -2.25. The number of rotatable bonds is 2. The molecule has 2 heterocycles. The quantitative estimate of drug-likeness (QED) is 0.816. The van der Waals surface area contributed by atoms with E-state index in [1.54, 1.807) is 10.9 Å². The summed E-state index contributed by atoms with van der Waals surface area (Å²) in [5, 5.41) is 5.12. The Hall–Kier alpha value is -1.50. The third kappa shape index (κ3) is 3.18. The van der Waals surface area contributed by atoms with Crippen molar-refractivity contribution < 1.29 is 8.95 Å². The number of benzene rings is 1. The average Bonchev–Trinajstić information content (AvgIpc) is 2.94. The number of halogens is 1. The van der Waals surface area contributed by atoms with Crippen molar-refractivity contribution in [1.82, 2.24) is 9.78 Å². The summed E-state index contributed by atoms with van der Waals surface area (Å²) in [5.41, 5.74) is 4.20. The van der Waals surface area contributed by atoms with E-state index in [9.17, 15) is 4.21 Å². The van der Waals surface area contributed by atoms with E-state index in [4.69, 9.17) is 16.3 Å². The Labute approximate surface area is 149 Å². The van der Waals surface area contributed by atoms with Crippen LogP contribution in [0.1, 0.15) is 37.6 Å². The summed E-state index contributed by atoms with van der Waals surface area (Å²) < 4.78 is 23.7. The first kappa shape index (κ1) is 17.3. The number of nitrogens with zero attached hydrogens (tertiary/aromatic N) is 3. The third-order valence-corrected chi connectivity index (χ3v) is 5.70. The van der Waals surface area contributed by atoms with Gasteiger partial charge in [0.05, 0.1) is 46.3 Å². The van der Waals surface area contributed by atoms with Gasteiger partial charge in [-0.15, -0.1) is 0 Å². The lowest BCUT2D eigenvalue weighted by Gasteiger charge is -2.19. The van der Waals surface area contributed by atoms with Crippen molar-refractivity contribution in [3.8, 4) is 5.69 Å². The zero-order valence-corrected chi connectivity index (χ0v) is 15.7. The van der Waals surface area contributed by atoms with Crippen molar-refractivity contribution in [2.45, 2.75) is 39.0 Å². The lowest BCUT2D eigenvalue weighted by molar-refractivity contribution is 0.147. The van der Waals surface area contributed by atoms with Crippen LogP contribution < -0.4 is 0 Å². The highest BCUT2D eigenvalue weighted by Crippen LogP contribution is 2.28. The Morgan fingerprint density at radius 2 is 2.08 bits per heavy atom. The number of hydrogen-bond donors (Lipinski definition) is 0. The van der Waals surface area contributed by atoms with Crippen molar-refractivity contribution in [1.29, 1.82) is 0 Å². The van der Waals surface area contributed by atoms with Gasteiger partial charge < -0.3 is 4.74 Å². The predicted molar refractivity (Wildman–Crippen MR) is 97.4 cm³/mol. The van der Waals surface area contributed by atoms with Crippen molar-refractivity contribution >= 4 is 28.3 Å². The lowest BCUT2D eigenvalue weighted by atomic mass is 10.1. The molecule has 0 saturated heterocycles. The molecule has 1 atom stereocenters. The van der Waals surface area contributed by atoms with Gasteiger partial charge in [0.2, 0.25) is 0 Å². The van der Waals surface area contributed by atoms with Crippen LogP contribution in [0, 0.1) is 6.92 Å². The fraction of sp³-hybridized carbons (Fsp3) is 0.412. The van der Waals surface area contributed by atoms with Crippen LogP contribution in [0.2, 0.25) is 5.02 Å². The van der Waals surface area contributed by atoms with E-state index in [0.29, 0.717) is 23.9 Å². The van der Waals surface area contributed by atoms with Crippen LogP contribution in [0.3, 0.4) is 0 Å². The van der Waals surface area contributed by atoms with Crippen LogP contribution in [0.4, 0.5) is 0 Å². The van der Waals surface area contributed by atoms with Crippen molar-refractivity contribution in [3.63, 3.8) is 0 Å². The molecule has 0 aliphatic carbocycles. The van der Waals surface area contributed by atoms with Crippen molar-refractivity contribution in [2.75, 3.05) is 6.61 Å². The minimum atomic E-state index is -1.34. The topological polar surface area (TPSA) is 56.5 Å². The van der Waals surface area contributed by atoms with Gasteiger partial charge in [-0.3, -0.25) is 0 Å². The highest BCUT2D eigenvalue weighted by Gasteiger charge is 2.26. The largest absolute Gasteiger partial charge is 0.369 e. The standard InChI is InChI=1S/C17H20ClN3O2S/c1-11-6-5-7-14(16(11)18)21-15-10-23-9-13(12(15)8-19-21)20-24(22)17(2,3)4/h5-8H,9-10H2,1-4H3/b20-13+. The molecule has 1 aromatic heterocycles. The molecule has 1 aromatic carbocycles. The van der Waals surface area contributed by atoms with Crippen molar-refractivity contribution in [3.05, 3.63) is 46.2 Å². The van der Waals surface area contributed by atoms with Gasteiger partial charge in [-0.2, -0.15) is 9.50 Å². The highest BCUT2D eigenvalue weighted by molar-refractivity contribution is 7.85. The number of ether oxygens (including phenoxy) is 1. The maximum atomic E-state index is 12.3. The highest BCUT2D eigenvalue weighted by atomic mass is 35.5. The second kappa shape index (κ2) is 6.43. The SMILES string of the molecule is Cc1cccc(-n2ncc3c2COC/C3=N\S(=O)C(C)(C)C)c1Cl. The molecule has 0 radical (unpaired) electrons. The van der Waals surface area contributed by atoms with E-state index in [1.165, 1.54) is 0 Å². The summed E-state index contributed by atoms with van der Waals surface area (Å²) in [5.74, 6) is 0. The molecule has 0 bridgehead atoms. The average molecular weight is 366 g/mol. The van der Waals surface area contributed by atoms with E-state index in [0.717, 1.165) is 22.5 Å². The number of fused-ring (bicyclic) bond motifs is 1. The molecule has 5 nitrogen and oxygen atoms in total. The molecule has 0 N–H and O–H groups in total. The monoisotopic (exact) mass is 365 g/mol. The van der Waals surface area contributed by atoms with Gasteiger partial charge in [0.25, 0.3) is 0 Å². The van der Waals surface area contributed by atoms with Gasteiger partial charge in [0, 0.05) is 5.56 Å². The minimum absolute atomic E-state index is 0.335. The molecule has 128 valence electrons.